The molecule has 1 atom stereocenters. The van der Waals surface area contributed by atoms with Crippen molar-refractivity contribution in [3.05, 3.63) is 46.8 Å². The van der Waals surface area contributed by atoms with Crippen molar-refractivity contribution >= 4 is 22.4 Å². The molecule has 0 unspecified atom stereocenters. The van der Waals surface area contributed by atoms with Crippen molar-refractivity contribution < 1.29 is 9.47 Å². The molecule has 0 bridgehead atoms. The first-order valence-corrected chi connectivity index (χ1v) is 9.87. The van der Waals surface area contributed by atoms with E-state index in [0.717, 1.165) is 51.3 Å². The summed E-state index contributed by atoms with van der Waals surface area (Å²) in [7, 11) is 1.66. The van der Waals surface area contributed by atoms with Gasteiger partial charge < -0.3 is 20.5 Å². The molecule has 3 N–H and O–H groups in total. The molecular formula is C23H28N4O2. The maximum Gasteiger partial charge on any atom is 0.167 e. The van der Waals surface area contributed by atoms with Crippen molar-refractivity contribution in [2.75, 3.05) is 18.2 Å². The summed E-state index contributed by atoms with van der Waals surface area (Å²) in [5.74, 6) is 2.99. The number of nitrogens with zero attached hydrogens (tertiary/aromatic N) is 2. The quantitative estimate of drug-likeness (QED) is 0.625. The monoisotopic (exact) mass is 392 g/mol. The average Bonchev–Trinajstić information content (AvgIpc) is 2.95. The molecule has 0 spiro atoms. The van der Waals surface area contributed by atoms with Gasteiger partial charge in [-0.3, -0.25) is 0 Å². The standard InChI is InChI=1S/C23H28N4O2/c1-12-7-15(9-16(24)8-12)13(2)25-22-17-10-19(28-6)21-18(11-23(4,5)29-21)20(17)26-14(3)27-22/h7-10,13H,11,24H2,1-6H3,(H,25,26,27)/t13-/m1/s1. The Hall–Kier alpha value is -3.02. The lowest BCUT2D eigenvalue weighted by atomic mass is 9.98. The number of benzene rings is 2. The normalized spacial score (nSPS) is 15.7. The highest BCUT2D eigenvalue weighted by Crippen LogP contribution is 2.46. The van der Waals surface area contributed by atoms with Crippen molar-refractivity contribution in [3.8, 4) is 11.5 Å². The van der Waals surface area contributed by atoms with Gasteiger partial charge in [0.1, 0.15) is 17.2 Å². The number of aromatic nitrogens is 2. The molecule has 6 heteroatoms. The van der Waals surface area contributed by atoms with Gasteiger partial charge in [-0.1, -0.05) is 6.07 Å². The Bertz CT molecular complexity index is 1090. The number of nitrogens with one attached hydrogen (secondary N) is 1. The van der Waals surface area contributed by atoms with Crippen LogP contribution < -0.4 is 20.5 Å². The first-order valence-electron chi connectivity index (χ1n) is 9.87. The highest BCUT2D eigenvalue weighted by Gasteiger charge is 2.35. The zero-order chi connectivity index (χ0) is 20.9. The second-order valence-corrected chi connectivity index (χ2v) is 8.48. The van der Waals surface area contributed by atoms with Crippen molar-refractivity contribution in [2.24, 2.45) is 0 Å². The van der Waals surface area contributed by atoms with Crippen LogP contribution in [0.5, 0.6) is 11.5 Å². The largest absolute Gasteiger partial charge is 0.493 e. The molecule has 2 heterocycles. The van der Waals surface area contributed by atoms with Gasteiger partial charge in [0, 0.05) is 23.1 Å². The minimum atomic E-state index is -0.289. The first kappa shape index (κ1) is 19.3. The first-order chi connectivity index (χ1) is 13.7. The zero-order valence-corrected chi connectivity index (χ0v) is 17.9. The number of nitrogens with two attached hydrogens (primary N) is 1. The van der Waals surface area contributed by atoms with E-state index in [4.69, 9.17) is 25.2 Å². The summed E-state index contributed by atoms with van der Waals surface area (Å²) in [4.78, 5) is 9.45. The highest BCUT2D eigenvalue weighted by atomic mass is 16.5. The summed E-state index contributed by atoms with van der Waals surface area (Å²) >= 11 is 0. The van der Waals surface area contributed by atoms with E-state index in [1.165, 1.54) is 0 Å². The van der Waals surface area contributed by atoms with Gasteiger partial charge in [-0.05, 0) is 63.9 Å². The van der Waals surface area contributed by atoms with Gasteiger partial charge in [-0.2, -0.15) is 0 Å². The molecule has 29 heavy (non-hydrogen) atoms. The van der Waals surface area contributed by atoms with E-state index in [1.807, 2.05) is 32.0 Å². The van der Waals surface area contributed by atoms with E-state index in [-0.39, 0.29) is 11.6 Å². The Morgan fingerprint density at radius 3 is 2.62 bits per heavy atom. The third-order valence-corrected chi connectivity index (χ3v) is 5.29. The van der Waals surface area contributed by atoms with Crippen LogP contribution in [0.1, 0.15) is 49.3 Å². The molecule has 0 saturated heterocycles. The topological polar surface area (TPSA) is 82.3 Å². The maximum atomic E-state index is 6.16. The summed E-state index contributed by atoms with van der Waals surface area (Å²) in [5, 5.41) is 4.49. The van der Waals surface area contributed by atoms with Crippen LogP contribution in [-0.4, -0.2) is 22.7 Å². The van der Waals surface area contributed by atoms with Crippen molar-refractivity contribution in [1.82, 2.24) is 9.97 Å². The lowest BCUT2D eigenvalue weighted by Crippen LogP contribution is -2.24. The fourth-order valence-electron chi connectivity index (χ4n) is 4.06. The number of ether oxygens (including phenoxy) is 2. The fourth-order valence-corrected chi connectivity index (χ4v) is 4.06. The van der Waals surface area contributed by atoms with Gasteiger partial charge in [-0.25, -0.2) is 9.97 Å². The molecule has 4 rings (SSSR count). The molecule has 6 nitrogen and oxygen atoms in total. The summed E-state index contributed by atoms with van der Waals surface area (Å²) in [6.07, 6.45) is 0.774. The molecule has 3 aromatic rings. The molecule has 1 aromatic heterocycles. The van der Waals surface area contributed by atoms with Crippen LogP contribution in [0.25, 0.3) is 10.9 Å². The number of aryl methyl sites for hydroxylation is 2. The Morgan fingerprint density at radius 2 is 1.93 bits per heavy atom. The lowest BCUT2D eigenvalue weighted by Gasteiger charge is -2.19. The smallest absolute Gasteiger partial charge is 0.167 e. The zero-order valence-electron chi connectivity index (χ0n) is 17.9. The van der Waals surface area contributed by atoms with E-state index >= 15 is 0 Å². The SMILES string of the molecule is COc1cc2c(N[C@H](C)c3cc(C)cc(N)c3)nc(C)nc2c2c1OC(C)(C)C2. The van der Waals surface area contributed by atoms with Crippen molar-refractivity contribution in [2.45, 2.75) is 52.7 Å². The molecule has 0 amide bonds. The van der Waals surface area contributed by atoms with E-state index in [9.17, 15) is 0 Å². The van der Waals surface area contributed by atoms with Crippen LogP contribution in [0.15, 0.2) is 24.3 Å². The number of anilines is 2. The third kappa shape index (κ3) is 3.55. The predicted octanol–water partition coefficient (Wildman–Crippen LogP) is 4.72. The molecule has 1 aliphatic rings. The predicted molar refractivity (Wildman–Crippen MR) is 117 cm³/mol. The summed E-state index contributed by atoms with van der Waals surface area (Å²) in [5.41, 5.74) is 10.8. The van der Waals surface area contributed by atoms with Crippen LogP contribution in [0.3, 0.4) is 0 Å². The maximum absolute atomic E-state index is 6.16. The molecule has 2 aromatic carbocycles. The molecule has 0 saturated carbocycles. The average molecular weight is 393 g/mol. The number of hydrogen-bond acceptors (Lipinski definition) is 6. The summed E-state index contributed by atoms with van der Waals surface area (Å²) in [6, 6.07) is 8.10. The second-order valence-electron chi connectivity index (χ2n) is 8.48. The van der Waals surface area contributed by atoms with Crippen LogP contribution in [-0.2, 0) is 6.42 Å². The van der Waals surface area contributed by atoms with E-state index in [2.05, 4.69) is 32.2 Å². The second kappa shape index (κ2) is 6.79. The van der Waals surface area contributed by atoms with Gasteiger partial charge >= 0.3 is 0 Å². The third-order valence-electron chi connectivity index (χ3n) is 5.29. The number of nitrogen functional groups attached to an aromatic ring is 1. The van der Waals surface area contributed by atoms with Gasteiger partial charge in [-0.15, -0.1) is 0 Å². The lowest BCUT2D eigenvalue weighted by molar-refractivity contribution is 0.134. The van der Waals surface area contributed by atoms with Crippen LogP contribution >= 0.6 is 0 Å². The van der Waals surface area contributed by atoms with Crippen LogP contribution in [0, 0.1) is 13.8 Å². The van der Waals surface area contributed by atoms with Crippen molar-refractivity contribution in [3.63, 3.8) is 0 Å². The highest BCUT2D eigenvalue weighted by molar-refractivity contribution is 5.95. The summed E-state index contributed by atoms with van der Waals surface area (Å²) in [6.45, 7) is 10.2. The number of fused-ring (bicyclic) bond motifs is 3. The number of hydrogen-bond donors (Lipinski definition) is 2. The van der Waals surface area contributed by atoms with Crippen molar-refractivity contribution in [1.29, 1.82) is 0 Å². The van der Waals surface area contributed by atoms with E-state index < -0.39 is 0 Å². The Labute approximate surface area is 171 Å². The minimum Gasteiger partial charge on any atom is -0.493 e. The molecule has 0 radical (unpaired) electrons. The molecule has 0 aliphatic carbocycles. The Morgan fingerprint density at radius 1 is 1.17 bits per heavy atom. The molecule has 0 fully saturated rings. The van der Waals surface area contributed by atoms with Gasteiger partial charge in [0.2, 0.25) is 0 Å². The van der Waals surface area contributed by atoms with Crippen LogP contribution in [0.2, 0.25) is 0 Å². The van der Waals surface area contributed by atoms with Gasteiger partial charge in [0.25, 0.3) is 0 Å². The summed E-state index contributed by atoms with van der Waals surface area (Å²) < 4.78 is 11.8. The fraction of sp³-hybridized carbons (Fsp3) is 0.391. The molecular weight excluding hydrogens is 364 g/mol. The molecule has 1 aliphatic heterocycles. The number of rotatable bonds is 4. The van der Waals surface area contributed by atoms with E-state index in [1.54, 1.807) is 7.11 Å². The minimum absolute atomic E-state index is 0.0293. The van der Waals surface area contributed by atoms with Crippen LogP contribution in [0.4, 0.5) is 11.5 Å². The Kier molecular flexibility index (Phi) is 4.52. The Balaban J connectivity index is 1.83. The van der Waals surface area contributed by atoms with E-state index in [0.29, 0.717) is 11.6 Å². The van der Waals surface area contributed by atoms with Gasteiger partial charge in [0.15, 0.2) is 11.5 Å². The molecule has 152 valence electrons. The number of methoxy groups -OCH3 is 1. The van der Waals surface area contributed by atoms with Gasteiger partial charge in [0.05, 0.1) is 18.7 Å².